The number of rotatable bonds is 7. The average molecular weight is 253 g/mol. The maximum atomic E-state index is 11.3. The van der Waals surface area contributed by atoms with Crippen molar-refractivity contribution < 1.29 is 13.9 Å². The first-order valence-corrected chi connectivity index (χ1v) is 6.48. The Hall–Kier alpha value is -1.29. The van der Waals surface area contributed by atoms with Gasteiger partial charge in [-0.15, -0.1) is 0 Å². The van der Waals surface area contributed by atoms with Gasteiger partial charge >= 0.3 is 5.97 Å². The molecule has 0 fully saturated rings. The van der Waals surface area contributed by atoms with E-state index in [4.69, 9.17) is 4.42 Å². The fraction of sp³-hybridized carbons (Fsp3) is 0.643. The lowest BCUT2D eigenvalue weighted by atomic mass is 10.2. The normalized spacial score (nSPS) is 12.7. The van der Waals surface area contributed by atoms with Crippen molar-refractivity contribution in [3.05, 3.63) is 23.7 Å². The molecule has 0 spiro atoms. The van der Waals surface area contributed by atoms with Crippen LogP contribution in [0.25, 0.3) is 0 Å². The summed E-state index contributed by atoms with van der Waals surface area (Å²) >= 11 is 0. The van der Waals surface area contributed by atoms with E-state index in [9.17, 15) is 4.79 Å². The molecule has 0 aliphatic rings. The summed E-state index contributed by atoms with van der Waals surface area (Å²) < 4.78 is 10.1. The number of hydrogen-bond donors (Lipinski definition) is 0. The molecule has 1 aromatic rings. The van der Waals surface area contributed by atoms with Crippen LogP contribution < -0.4 is 0 Å². The number of furan rings is 1. The third kappa shape index (κ3) is 3.88. The zero-order chi connectivity index (χ0) is 13.5. The lowest BCUT2D eigenvalue weighted by Crippen LogP contribution is -2.23. The largest absolute Gasteiger partial charge is 0.463 e. The van der Waals surface area contributed by atoms with Gasteiger partial charge in [-0.2, -0.15) is 0 Å². The molecule has 0 amide bonds. The van der Waals surface area contributed by atoms with E-state index in [2.05, 4.69) is 30.5 Å². The minimum atomic E-state index is -0.429. The van der Waals surface area contributed by atoms with Gasteiger partial charge in [-0.1, -0.05) is 19.8 Å². The SMILES string of the molecule is CCCCCN(C)C(C)c1ccc(C(=O)OC)o1. The van der Waals surface area contributed by atoms with Gasteiger partial charge in [-0.05, 0) is 39.1 Å². The van der Waals surface area contributed by atoms with Crippen LogP contribution in [-0.4, -0.2) is 31.6 Å². The van der Waals surface area contributed by atoms with E-state index in [1.807, 2.05) is 6.07 Å². The van der Waals surface area contributed by atoms with Gasteiger partial charge in [0.15, 0.2) is 0 Å². The zero-order valence-electron chi connectivity index (χ0n) is 11.7. The van der Waals surface area contributed by atoms with Crippen LogP contribution in [0.1, 0.15) is 55.5 Å². The quantitative estimate of drug-likeness (QED) is 0.552. The van der Waals surface area contributed by atoms with Crippen LogP contribution >= 0.6 is 0 Å². The first kappa shape index (κ1) is 14.8. The molecule has 18 heavy (non-hydrogen) atoms. The molecule has 0 bridgehead atoms. The van der Waals surface area contributed by atoms with E-state index < -0.39 is 5.97 Å². The first-order chi connectivity index (χ1) is 8.60. The highest BCUT2D eigenvalue weighted by molar-refractivity contribution is 5.86. The monoisotopic (exact) mass is 253 g/mol. The van der Waals surface area contributed by atoms with Crippen LogP contribution in [0, 0.1) is 0 Å². The average Bonchev–Trinajstić information content (AvgIpc) is 2.86. The molecule has 1 heterocycles. The Morgan fingerprint density at radius 1 is 1.44 bits per heavy atom. The smallest absolute Gasteiger partial charge is 0.373 e. The van der Waals surface area contributed by atoms with Crippen molar-refractivity contribution in [3.63, 3.8) is 0 Å². The first-order valence-electron chi connectivity index (χ1n) is 6.48. The second kappa shape index (κ2) is 7.21. The van der Waals surface area contributed by atoms with Crippen molar-refractivity contribution in [3.8, 4) is 0 Å². The van der Waals surface area contributed by atoms with E-state index in [-0.39, 0.29) is 11.8 Å². The summed E-state index contributed by atoms with van der Waals surface area (Å²) in [5.41, 5.74) is 0. The number of hydrogen-bond acceptors (Lipinski definition) is 4. The summed E-state index contributed by atoms with van der Waals surface area (Å²) in [7, 11) is 3.42. The Balaban J connectivity index is 2.57. The van der Waals surface area contributed by atoms with Gasteiger partial charge in [0.05, 0.1) is 13.2 Å². The summed E-state index contributed by atoms with van der Waals surface area (Å²) in [6.07, 6.45) is 3.64. The van der Waals surface area contributed by atoms with Crippen LogP contribution in [0.15, 0.2) is 16.5 Å². The van der Waals surface area contributed by atoms with E-state index in [0.29, 0.717) is 0 Å². The molecule has 0 N–H and O–H groups in total. The van der Waals surface area contributed by atoms with Gasteiger partial charge in [0.25, 0.3) is 0 Å². The molecule has 0 aliphatic carbocycles. The predicted octanol–water partition coefficient (Wildman–Crippen LogP) is 3.25. The van der Waals surface area contributed by atoms with Crippen LogP contribution in [0.2, 0.25) is 0 Å². The third-order valence-corrected chi connectivity index (χ3v) is 3.20. The highest BCUT2D eigenvalue weighted by atomic mass is 16.5. The molecule has 1 atom stereocenters. The molecular formula is C14H23NO3. The van der Waals surface area contributed by atoms with Gasteiger partial charge in [-0.3, -0.25) is 4.90 Å². The van der Waals surface area contributed by atoms with Crippen LogP contribution in [0.5, 0.6) is 0 Å². The lowest BCUT2D eigenvalue weighted by molar-refractivity contribution is 0.0559. The minimum absolute atomic E-state index is 0.167. The Morgan fingerprint density at radius 3 is 2.78 bits per heavy atom. The highest BCUT2D eigenvalue weighted by Gasteiger charge is 2.18. The van der Waals surface area contributed by atoms with Gasteiger partial charge in [0.2, 0.25) is 5.76 Å². The number of carbonyl (C=O) groups is 1. The van der Waals surface area contributed by atoms with Crippen LogP contribution in [-0.2, 0) is 4.74 Å². The van der Waals surface area contributed by atoms with E-state index >= 15 is 0 Å². The highest BCUT2D eigenvalue weighted by Crippen LogP contribution is 2.22. The fourth-order valence-corrected chi connectivity index (χ4v) is 1.81. The Bertz CT molecular complexity index is 373. The number of ether oxygens (including phenoxy) is 1. The number of carbonyl (C=O) groups excluding carboxylic acids is 1. The molecule has 0 aromatic carbocycles. The summed E-state index contributed by atoms with van der Waals surface area (Å²) in [5, 5.41) is 0. The molecule has 0 aliphatic heterocycles. The van der Waals surface area contributed by atoms with Crippen molar-refractivity contribution in [1.29, 1.82) is 0 Å². The number of methoxy groups -OCH3 is 1. The molecule has 0 radical (unpaired) electrons. The summed E-state index contributed by atoms with van der Waals surface area (Å²) in [6.45, 7) is 5.30. The Labute approximate surface area is 109 Å². The molecule has 1 unspecified atom stereocenters. The topological polar surface area (TPSA) is 42.7 Å². The lowest BCUT2D eigenvalue weighted by Gasteiger charge is -2.22. The summed E-state index contributed by atoms with van der Waals surface area (Å²) in [4.78, 5) is 13.5. The zero-order valence-corrected chi connectivity index (χ0v) is 11.7. The third-order valence-electron chi connectivity index (χ3n) is 3.20. The Kier molecular flexibility index (Phi) is 5.92. The molecule has 0 saturated heterocycles. The van der Waals surface area contributed by atoms with Crippen LogP contribution in [0.4, 0.5) is 0 Å². The number of nitrogens with zero attached hydrogens (tertiary/aromatic N) is 1. The van der Waals surface area contributed by atoms with E-state index in [1.165, 1.54) is 26.4 Å². The molecule has 1 aromatic heterocycles. The summed E-state index contributed by atoms with van der Waals surface area (Å²) in [6, 6.07) is 3.67. The summed E-state index contributed by atoms with van der Waals surface area (Å²) in [5.74, 6) is 0.637. The second-order valence-corrected chi connectivity index (χ2v) is 4.56. The maximum Gasteiger partial charge on any atom is 0.373 e. The van der Waals surface area contributed by atoms with Gasteiger partial charge in [0.1, 0.15) is 5.76 Å². The van der Waals surface area contributed by atoms with Crippen molar-refractivity contribution in [2.24, 2.45) is 0 Å². The predicted molar refractivity (Wildman–Crippen MR) is 70.6 cm³/mol. The van der Waals surface area contributed by atoms with E-state index in [1.54, 1.807) is 6.07 Å². The second-order valence-electron chi connectivity index (χ2n) is 4.56. The maximum absolute atomic E-state index is 11.3. The van der Waals surface area contributed by atoms with Gasteiger partial charge in [-0.25, -0.2) is 4.79 Å². The number of unbranched alkanes of at least 4 members (excludes halogenated alkanes) is 2. The minimum Gasteiger partial charge on any atom is -0.463 e. The fourth-order valence-electron chi connectivity index (χ4n) is 1.81. The number of esters is 1. The van der Waals surface area contributed by atoms with Crippen molar-refractivity contribution in [2.45, 2.75) is 39.2 Å². The van der Waals surface area contributed by atoms with Gasteiger partial charge in [0, 0.05) is 0 Å². The molecule has 0 saturated carbocycles. The van der Waals surface area contributed by atoms with E-state index in [0.717, 1.165) is 12.3 Å². The van der Waals surface area contributed by atoms with Crippen molar-refractivity contribution in [2.75, 3.05) is 20.7 Å². The standard InChI is InChI=1S/C14H23NO3/c1-5-6-7-10-15(3)11(2)12-8-9-13(18-12)14(16)17-4/h8-9,11H,5-7,10H2,1-4H3. The van der Waals surface area contributed by atoms with Crippen LogP contribution in [0.3, 0.4) is 0 Å². The van der Waals surface area contributed by atoms with Crippen molar-refractivity contribution in [1.82, 2.24) is 4.90 Å². The van der Waals surface area contributed by atoms with Gasteiger partial charge < -0.3 is 9.15 Å². The Morgan fingerprint density at radius 2 is 2.17 bits per heavy atom. The molecule has 4 heteroatoms. The molecule has 102 valence electrons. The van der Waals surface area contributed by atoms with Crippen molar-refractivity contribution >= 4 is 5.97 Å². The molecule has 4 nitrogen and oxygen atoms in total. The molecule has 1 rings (SSSR count). The molecular weight excluding hydrogens is 230 g/mol.